The molecule has 2 rings (SSSR count). The second-order valence-corrected chi connectivity index (χ2v) is 6.64. The summed E-state index contributed by atoms with van der Waals surface area (Å²) >= 11 is 0. The lowest BCUT2D eigenvalue weighted by Gasteiger charge is -2.42. The molecule has 0 aromatic rings. The van der Waals surface area contributed by atoms with Crippen LogP contribution in [-0.4, -0.2) is 30.0 Å². The number of alkyl halides is 1. The number of esters is 1. The topological polar surface area (TPSA) is 46.5 Å². The van der Waals surface area contributed by atoms with E-state index in [1.54, 1.807) is 0 Å². The van der Waals surface area contributed by atoms with Crippen molar-refractivity contribution in [1.82, 2.24) is 0 Å². The number of hydrogen-bond acceptors (Lipinski definition) is 3. The number of ether oxygens (including phenoxy) is 1. The molecule has 0 amide bonds. The van der Waals surface area contributed by atoms with Crippen molar-refractivity contribution in [2.24, 2.45) is 23.7 Å². The standard InChI is InChI=1S/C18H27FO3/c1-4-11(2)18(21)22-16-10-14(20)9-13-6-5-12(3)15(7-8-19)17(13)16/h5-6,9,11-12,14-17,20H,4,7-8,10H2,1-3H3/t11-,12-,14-,15-,16-,17-/m0/s1. The van der Waals surface area contributed by atoms with Crippen LogP contribution in [-0.2, 0) is 9.53 Å². The van der Waals surface area contributed by atoms with Gasteiger partial charge in [-0.3, -0.25) is 9.18 Å². The zero-order chi connectivity index (χ0) is 16.3. The third kappa shape index (κ3) is 3.60. The number of aliphatic hydroxyl groups is 1. The number of halogens is 1. The van der Waals surface area contributed by atoms with E-state index in [2.05, 4.69) is 13.0 Å². The molecule has 0 saturated heterocycles. The van der Waals surface area contributed by atoms with E-state index >= 15 is 0 Å². The lowest BCUT2D eigenvalue weighted by molar-refractivity contribution is -0.159. The number of fused-ring (bicyclic) bond motifs is 1. The normalized spacial score (nSPS) is 35.5. The van der Waals surface area contributed by atoms with E-state index in [0.29, 0.717) is 12.8 Å². The Labute approximate surface area is 132 Å². The Balaban J connectivity index is 2.24. The van der Waals surface area contributed by atoms with E-state index < -0.39 is 6.10 Å². The van der Waals surface area contributed by atoms with Gasteiger partial charge in [0.25, 0.3) is 0 Å². The second-order valence-electron chi connectivity index (χ2n) is 6.64. The number of hydrogen-bond donors (Lipinski definition) is 1. The van der Waals surface area contributed by atoms with Gasteiger partial charge in [-0.25, -0.2) is 0 Å². The van der Waals surface area contributed by atoms with Gasteiger partial charge in [0.1, 0.15) is 6.10 Å². The summed E-state index contributed by atoms with van der Waals surface area (Å²) in [5.41, 5.74) is 0.984. The fourth-order valence-electron chi connectivity index (χ4n) is 3.54. The van der Waals surface area contributed by atoms with Gasteiger partial charge in [-0.15, -0.1) is 0 Å². The minimum atomic E-state index is -0.606. The number of rotatable bonds is 5. The van der Waals surface area contributed by atoms with Gasteiger partial charge in [0.2, 0.25) is 0 Å². The van der Waals surface area contributed by atoms with Crippen LogP contribution in [0.1, 0.15) is 40.0 Å². The van der Waals surface area contributed by atoms with E-state index in [1.165, 1.54) is 0 Å². The molecule has 2 aliphatic rings. The summed E-state index contributed by atoms with van der Waals surface area (Å²) < 4.78 is 18.7. The van der Waals surface area contributed by atoms with E-state index in [1.807, 2.05) is 26.0 Å². The second kappa shape index (κ2) is 7.40. The molecule has 0 aromatic carbocycles. The van der Waals surface area contributed by atoms with Crippen LogP contribution in [0.4, 0.5) is 4.39 Å². The number of carbonyl (C=O) groups is 1. The van der Waals surface area contributed by atoms with Crippen LogP contribution in [0.3, 0.4) is 0 Å². The summed E-state index contributed by atoms with van der Waals surface area (Å²) in [7, 11) is 0. The summed E-state index contributed by atoms with van der Waals surface area (Å²) in [5.74, 6) is -0.0154. The van der Waals surface area contributed by atoms with E-state index in [9.17, 15) is 14.3 Å². The predicted octanol–water partition coefficient (Wildman–Crippen LogP) is 3.43. The molecule has 0 radical (unpaired) electrons. The van der Waals surface area contributed by atoms with Crippen LogP contribution in [0.2, 0.25) is 0 Å². The summed E-state index contributed by atoms with van der Waals surface area (Å²) in [6.07, 6.45) is 6.51. The van der Waals surface area contributed by atoms with Gasteiger partial charge in [0, 0.05) is 12.3 Å². The van der Waals surface area contributed by atoms with Gasteiger partial charge in [-0.1, -0.05) is 39.0 Å². The van der Waals surface area contributed by atoms with Gasteiger partial charge >= 0.3 is 5.97 Å². The molecule has 0 bridgehead atoms. The summed E-state index contributed by atoms with van der Waals surface area (Å²) in [6, 6.07) is 0. The fourth-order valence-corrected chi connectivity index (χ4v) is 3.54. The Morgan fingerprint density at radius 2 is 2.27 bits per heavy atom. The van der Waals surface area contributed by atoms with Crippen molar-refractivity contribution in [2.45, 2.75) is 52.2 Å². The molecule has 0 fully saturated rings. The largest absolute Gasteiger partial charge is 0.461 e. The van der Waals surface area contributed by atoms with Crippen LogP contribution in [0, 0.1) is 23.7 Å². The molecule has 4 heteroatoms. The minimum absolute atomic E-state index is 0.00726. The molecule has 0 aliphatic heterocycles. The minimum Gasteiger partial charge on any atom is -0.461 e. The molecule has 0 saturated carbocycles. The van der Waals surface area contributed by atoms with Crippen LogP contribution >= 0.6 is 0 Å². The molecule has 0 spiro atoms. The van der Waals surface area contributed by atoms with E-state index in [-0.39, 0.29) is 42.4 Å². The molecule has 2 aliphatic carbocycles. The fraction of sp³-hybridized carbons (Fsp3) is 0.722. The van der Waals surface area contributed by atoms with Crippen molar-refractivity contribution in [3.05, 3.63) is 23.8 Å². The molecule has 6 atom stereocenters. The monoisotopic (exact) mass is 310 g/mol. The molecule has 3 nitrogen and oxygen atoms in total. The van der Waals surface area contributed by atoms with Crippen molar-refractivity contribution in [3.8, 4) is 0 Å². The van der Waals surface area contributed by atoms with Crippen molar-refractivity contribution >= 4 is 5.97 Å². The predicted molar refractivity (Wildman–Crippen MR) is 83.9 cm³/mol. The third-order valence-electron chi connectivity index (χ3n) is 5.10. The van der Waals surface area contributed by atoms with Gasteiger partial charge in [0.15, 0.2) is 0 Å². The zero-order valence-electron chi connectivity index (χ0n) is 13.7. The maximum Gasteiger partial charge on any atom is 0.308 e. The quantitative estimate of drug-likeness (QED) is 0.791. The molecule has 1 N–H and O–H groups in total. The third-order valence-corrected chi connectivity index (χ3v) is 5.10. The van der Waals surface area contributed by atoms with Crippen molar-refractivity contribution in [3.63, 3.8) is 0 Å². The van der Waals surface area contributed by atoms with Crippen LogP contribution < -0.4 is 0 Å². The van der Waals surface area contributed by atoms with Crippen LogP contribution in [0.25, 0.3) is 0 Å². The van der Waals surface area contributed by atoms with Crippen LogP contribution in [0.5, 0.6) is 0 Å². The first-order valence-corrected chi connectivity index (χ1v) is 8.32. The molecule has 0 aromatic heterocycles. The SMILES string of the molecule is CC[C@H](C)C(=O)O[C@H]1C[C@@H](O)C=C2C=C[C@H](C)[C@H](CCF)[C@H]21. The van der Waals surface area contributed by atoms with E-state index in [4.69, 9.17) is 4.74 Å². The number of aliphatic hydroxyl groups excluding tert-OH is 1. The Morgan fingerprint density at radius 1 is 1.55 bits per heavy atom. The highest BCUT2D eigenvalue weighted by atomic mass is 19.1. The number of carbonyl (C=O) groups excluding carboxylic acids is 1. The first kappa shape index (κ1) is 17.2. The summed E-state index contributed by atoms with van der Waals surface area (Å²) in [4.78, 5) is 12.2. The highest BCUT2D eigenvalue weighted by molar-refractivity contribution is 5.72. The Hall–Kier alpha value is -1.16. The lowest BCUT2D eigenvalue weighted by atomic mass is 9.67. The average Bonchev–Trinajstić information content (AvgIpc) is 2.49. The highest BCUT2D eigenvalue weighted by Crippen LogP contribution is 2.43. The molecular formula is C18H27FO3. The summed E-state index contributed by atoms with van der Waals surface area (Å²) in [5, 5.41) is 10.0. The maximum absolute atomic E-state index is 13.0. The lowest BCUT2D eigenvalue weighted by Crippen LogP contribution is -2.43. The van der Waals surface area contributed by atoms with Crippen LogP contribution in [0.15, 0.2) is 23.8 Å². The van der Waals surface area contributed by atoms with Gasteiger partial charge < -0.3 is 9.84 Å². The molecule has 124 valence electrons. The molecule has 22 heavy (non-hydrogen) atoms. The first-order chi connectivity index (χ1) is 10.5. The zero-order valence-corrected chi connectivity index (χ0v) is 13.7. The summed E-state index contributed by atoms with van der Waals surface area (Å²) in [6.45, 7) is 5.50. The van der Waals surface area contributed by atoms with Crippen molar-refractivity contribution < 1.29 is 19.0 Å². The Kier molecular flexibility index (Phi) is 5.79. The van der Waals surface area contributed by atoms with E-state index in [0.717, 1.165) is 12.0 Å². The molecular weight excluding hydrogens is 283 g/mol. The Morgan fingerprint density at radius 3 is 2.91 bits per heavy atom. The average molecular weight is 310 g/mol. The molecule has 0 unspecified atom stereocenters. The smallest absolute Gasteiger partial charge is 0.308 e. The van der Waals surface area contributed by atoms with Crippen molar-refractivity contribution in [1.29, 1.82) is 0 Å². The first-order valence-electron chi connectivity index (χ1n) is 8.32. The Bertz CT molecular complexity index is 457. The number of allylic oxidation sites excluding steroid dienone is 2. The molecule has 0 heterocycles. The van der Waals surface area contributed by atoms with Gasteiger partial charge in [0.05, 0.1) is 18.7 Å². The van der Waals surface area contributed by atoms with Crippen molar-refractivity contribution in [2.75, 3.05) is 6.67 Å². The highest BCUT2D eigenvalue weighted by Gasteiger charge is 2.41. The van der Waals surface area contributed by atoms with Gasteiger partial charge in [-0.05, 0) is 30.3 Å². The maximum atomic E-state index is 13.0. The van der Waals surface area contributed by atoms with Gasteiger partial charge in [-0.2, -0.15) is 0 Å².